The highest BCUT2D eigenvalue weighted by atomic mass is 32.2. The van der Waals surface area contributed by atoms with Gasteiger partial charge in [-0.15, -0.1) is 11.8 Å². The van der Waals surface area contributed by atoms with Gasteiger partial charge in [0.1, 0.15) is 5.75 Å². The fourth-order valence-corrected chi connectivity index (χ4v) is 2.61. The first kappa shape index (κ1) is 12.8. The molecule has 0 amide bonds. The van der Waals surface area contributed by atoms with Crippen molar-refractivity contribution >= 4 is 11.8 Å². The molecule has 2 rings (SSSR count). The van der Waals surface area contributed by atoms with E-state index in [-0.39, 0.29) is 0 Å². The Morgan fingerprint density at radius 2 is 2.29 bits per heavy atom. The molecule has 0 aromatic heterocycles. The van der Waals surface area contributed by atoms with Crippen LogP contribution in [0.15, 0.2) is 29.2 Å². The molecule has 1 aliphatic carbocycles. The molecule has 0 heterocycles. The molecule has 1 fully saturated rings. The number of ether oxygens (including phenoxy) is 1. The minimum Gasteiger partial charge on any atom is -0.497 e. The Bertz CT molecular complexity index is 352. The molecule has 1 N–H and O–H groups in total. The van der Waals surface area contributed by atoms with Crippen LogP contribution in [0.4, 0.5) is 0 Å². The van der Waals surface area contributed by atoms with E-state index in [1.807, 2.05) is 23.9 Å². The van der Waals surface area contributed by atoms with Crippen LogP contribution >= 0.6 is 11.8 Å². The van der Waals surface area contributed by atoms with Gasteiger partial charge in [-0.05, 0) is 43.5 Å². The zero-order valence-corrected chi connectivity index (χ0v) is 11.4. The summed E-state index contributed by atoms with van der Waals surface area (Å²) < 4.78 is 5.22. The maximum absolute atomic E-state index is 5.22. The SMILES string of the molecule is COc1cccc(SCC(C)CNC2CC2)c1. The van der Waals surface area contributed by atoms with E-state index in [9.17, 15) is 0 Å². The average Bonchev–Trinajstić information content (AvgIpc) is 3.18. The average molecular weight is 251 g/mol. The third kappa shape index (κ3) is 4.60. The van der Waals surface area contributed by atoms with Gasteiger partial charge < -0.3 is 10.1 Å². The van der Waals surface area contributed by atoms with Crippen LogP contribution in [0, 0.1) is 5.92 Å². The third-order valence-electron chi connectivity index (χ3n) is 2.91. The van der Waals surface area contributed by atoms with E-state index in [1.54, 1.807) is 7.11 Å². The number of nitrogens with one attached hydrogen (secondary N) is 1. The van der Waals surface area contributed by atoms with Crippen LogP contribution < -0.4 is 10.1 Å². The summed E-state index contributed by atoms with van der Waals surface area (Å²) in [7, 11) is 1.71. The topological polar surface area (TPSA) is 21.3 Å². The predicted molar refractivity (Wildman–Crippen MR) is 73.9 cm³/mol. The van der Waals surface area contributed by atoms with Crippen molar-refractivity contribution in [3.63, 3.8) is 0 Å². The first-order valence-electron chi connectivity index (χ1n) is 6.28. The van der Waals surface area contributed by atoms with E-state index in [1.165, 1.54) is 17.7 Å². The summed E-state index contributed by atoms with van der Waals surface area (Å²) in [6, 6.07) is 9.11. The van der Waals surface area contributed by atoms with Crippen LogP contribution in [0.3, 0.4) is 0 Å². The molecule has 0 aliphatic heterocycles. The van der Waals surface area contributed by atoms with Crippen LogP contribution in [0.5, 0.6) is 5.75 Å². The van der Waals surface area contributed by atoms with Gasteiger partial charge in [0.15, 0.2) is 0 Å². The molecule has 94 valence electrons. The molecule has 1 atom stereocenters. The minimum atomic E-state index is 0.715. The van der Waals surface area contributed by atoms with Crippen LogP contribution in [-0.2, 0) is 0 Å². The summed E-state index contributed by atoms with van der Waals surface area (Å²) in [6.07, 6.45) is 2.74. The lowest BCUT2D eigenvalue weighted by atomic mass is 10.2. The van der Waals surface area contributed by atoms with Crippen LogP contribution in [-0.4, -0.2) is 25.4 Å². The fraction of sp³-hybridized carbons (Fsp3) is 0.571. The Morgan fingerprint density at radius 3 is 3.00 bits per heavy atom. The van der Waals surface area contributed by atoms with Crippen molar-refractivity contribution < 1.29 is 4.74 Å². The van der Waals surface area contributed by atoms with E-state index >= 15 is 0 Å². The first-order chi connectivity index (χ1) is 8.28. The summed E-state index contributed by atoms with van der Waals surface area (Å²) in [6.45, 7) is 3.45. The van der Waals surface area contributed by atoms with Crippen molar-refractivity contribution in [2.75, 3.05) is 19.4 Å². The van der Waals surface area contributed by atoms with E-state index in [4.69, 9.17) is 4.74 Å². The van der Waals surface area contributed by atoms with Gasteiger partial charge in [0, 0.05) is 16.7 Å². The van der Waals surface area contributed by atoms with Gasteiger partial charge in [0.05, 0.1) is 7.11 Å². The molecule has 0 spiro atoms. The summed E-state index contributed by atoms with van der Waals surface area (Å²) >= 11 is 1.91. The van der Waals surface area contributed by atoms with Gasteiger partial charge in [0.25, 0.3) is 0 Å². The zero-order chi connectivity index (χ0) is 12.1. The lowest BCUT2D eigenvalue weighted by molar-refractivity contribution is 0.413. The molecule has 0 bridgehead atoms. The molecule has 1 aromatic rings. The first-order valence-corrected chi connectivity index (χ1v) is 7.26. The molecule has 0 saturated heterocycles. The van der Waals surface area contributed by atoms with Gasteiger partial charge in [-0.3, -0.25) is 0 Å². The highest BCUT2D eigenvalue weighted by Gasteiger charge is 2.20. The molecule has 1 saturated carbocycles. The monoisotopic (exact) mass is 251 g/mol. The third-order valence-corrected chi connectivity index (χ3v) is 4.23. The maximum atomic E-state index is 5.22. The Labute approximate surface area is 108 Å². The number of hydrogen-bond donors (Lipinski definition) is 1. The molecule has 3 heteroatoms. The summed E-state index contributed by atoms with van der Waals surface area (Å²) in [5.41, 5.74) is 0. The number of methoxy groups -OCH3 is 1. The van der Waals surface area contributed by atoms with Gasteiger partial charge in [-0.1, -0.05) is 13.0 Å². The molecule has 1 aliphatic rings. The van der Waals surface area contributed by atoms with Crippen LogP contribution in [0.25, 0.3) is 0 Å². The highest BCUT2D eigenvalue weighted by molar-refractivity contribution is 7.99. The van der Waals surface area contributed by atoms with Gasteiger partial charge >= 0.3 is 0 Å². The second-order valence-electron chi connectivity index (χ2n) is 4.78. The Hall–Kier alpha value is -0.670. The Balaban J connectivity index is 1.71. The van der Waals surface area contributed by atoms with Crippen LogP contribution in [0.1, 0.15) is 19.8 Å². The second kappa shape index (κ2) is 6.31. The number of rotatable bonds is 7. The van der Waals surface area contributed by atoms with Crippen molar-refractivity contribution in [1.82, 2.24) is 5.32 Å². The highest BCUT2D eigenvalue weighted by Crippen LogP contribution is 2.25. The lowest BCUT2D eigenvalue weighted by Crippen LogP contribution is -2.24. The van der Waals surface area contributed by atoms with E-state index in [2.05, 4.69) is 24.4 Å². The largest absolute Gasteiger partial charge is 0.497 e. The van der Waals surface area contributed by atoms with Crippen molar-refractivity contribution in [1.29, 1.82) is 0 Å². The lowest BCUT2D eigenvalue weighted by Gasteiger charge is -2.12. The predicted octanol–water partition coefficient (Wildman–Crippen LogP) is 3.18. The van der Waals surface area contributed by atoms with Crippen molar-refractivity contribution in [2.24, 2.45) is 5.92 Å². The summed E-state index contributed by atoms with van der Waals surface area (Å²) in [5.74, 6) is 2.82. The summed E-state index contributed by atoms with van der Waals surface area (Å²) in [4.78, 5) is 1.29. The van der Waals surface area contributed by atoms with Crippen molar-refractivity contribution in [2.45, 2.75) is 30.7 Å². The quantitative estimate of drug-likeness (QED) is 0.752. The molecule has 1 unspecified atom stereocenters. The Morgan fingerprint density at radius 1 is 1.47 bits per heavy atom. The molecule has 0 radical (unpaired) electrons. The molecule has 17 heavy (non-hydrogen) atoms. The summed E-state index contributed by atoms with van der Waals surface area (Å²) in [5, 5.41) is 3.58. The fourth-order valence-electron chi connectivity index (χ4n) is 1.64. The normalized spacial score (nSPS) is 16.8. The van der Waals surface area contributed by atoms with Gasteiger partial charge in [-0.25, -0.2) is 0 Å². The molecular formula is C14H21NOS. The standard InChI is InChI=1S/C14H21NOS/c1-11(9-15-12-6-7-12)10-17-14-5-3-4-13(8-14)16-2/h3-5,8,11-12,15H,6-7,9-10H2,1-2H3. The molecule has 1 aromatic carbocycles. The number of thioether (sulfide) groups is 1. The van der Waals surface area contributed by atoms with E-state index in [0.29, 0.717) is 5.92 Å². The van der Waals surface area contributed by atoms with E-state index in [0.717, 1.165) is 24.1 Å². The Kier molecular flexibility index (Phi) is 4.75. The zero-order valence-electron chi connectivity index (χ0n) is 10.6. The second-order valence-corrected chi connectivity index (χ2v) is 5.87. The van der Waals surface area contributed by atoms with Crippen LogP contribution in [0.2, 0.25) is 0 Å². The van der Waals surface area contributed by atoms with Crippen molar-refractivity contribution in [3.8, 4) is 5.75 Å². The maximum Gasteiger partial charge on any atom is 0.119 e. The van der Waals surface area contributed by atoms with E-state index < -0.39 is 0 Å². The molecule has 2 nitrogen and oxygen atoms in total. The number of hydrogen-bond acceptors (Lipinski definition) is 3. The molecular weight excluding hydrogens is 230 g/mol. The van der Waals surface area contributed by atoms with Gasteiger partial charge in [-0.2, -0.15) is 0 Å². The van der Waals surface area contributed by atoms with Crippen molar-refractivity contribution in [3.05, 3.63) is 24.3 Å². The number of benzene rings is 1. The smallest absolute Gasteiger partial charge is 0.119 e. The minimum absolute atomic E-state index is 0.715. The van der Waals surface area contributed by atoms with Gasteiger partial charge in [0.2, 0.25) is 0 Å².